The van der Waals surface area contributed by atoms with Gasteiger partial charge in [-0.2, -0.15) is 5.10 Å². The zero-order valence-corrected chi connectivity index (χ0v) is 12.1. The number of hydrogen-bond donors (Lipinski definition) is 1. The van der Waals surface area contributed by atoms with E-state index < -0.39 is 5.60 Å². The van der Waals surface area contributed by atoms with Crippen molar-refractivity contribution in [3.63, 3.8) is 0 Å². The Bertz CT molecular complexity index is 540. The van der Waals surface area contributed by atoms with Crippen LogP contribution in [0, 0.1) is 0 Å². The Kier molecular flexibility index (Phi) is 3.41. The molecule has 1 saturated carbocycles. The Morgan fingerprint density at radius 3 is 2.74 bits per heavy atom. The van der Waals surface area contributed by atoms with Gasteiger partial charge in [-0.1, -0.05) is 40.9 Å². The average Bonchev–Trinajstić information content (AvgIpc) is 2.93. The number of aliphatic hydroxyl groups is 1. The molecule has 1 heterocycles. The van der Waals surface area contributed by atoms with Crippen LogP contribution in [0.15, 0.2) is 41.4 Å². The van der Waals surface area contributed by atoms with Crippen molar-refractivity contribution < 1.29 is 5.11 Å². The van der Waals surface area contributed by atoms with E-state index in [9.17, 15) is 5.11 Å². The molecule has 1 aliphatic carbocycles. The Labute approximate surface area is 120 Å². The highest BCUT2D eigenvalue weighted by Gasteiger charge is 2.42. The van der Waals surface area contributed by atoms with E-state index >= 15 is 0 Å². The van der Waals surface area contributed by atoms with Crippen molar-refractivity contribution in [1.82, 2.24) is 14.8 Å². The first kappa shape index (κ1) is 12.8. The van der Waals surface area contributed by atoms with Crippen LogP contribution in [0.4, 0.5) is 0 Å². The van der Waals surface area contributed by atoms with Crippen LogP contribution < -0.4 is 0 Å². The van der Waals surface area contributed by atoms with Gasteiger partial charge in [0.2, 0.25) is 0 Å². The number of hydrogen-bond acceptors (Lipinski definition) is 3. The van der Waals surface area contributed by atoms with E-state index in [4.69, 9.17) is 0 Å². The number of benzene rings is 1. The molecule has 0 spiro atoms. The molecule has 3 rings (SSSR count). The molecular formula is C14H16BrN3O. The maximum Gasteiger partial charge on any atom is 0.137 e. The molecule has 5 heteroatoms. The van der Waals surface area contributed by atoms with Gasteiger partial charge in [0.25, 0.3) is 0 Å². The minimum Gasteiger partial charge on any atom is -0.383 e. The van der Waals surface area contributed by atoms with Gasteiger partial charge < -0.3 is 5.11 Å². The lowest BCUT2D eigenvalue weighted by Gasteiger charge is -2.40. The molecule has 2 unspecified atom stereocenters. The zero-order valence-electron chi connectivity index (χ0n) is 10.5. The van der Waals surface area contributed by atoms with Gasteiger partial charge in [0, 0.05) is 4.47 Å². The van der Waals surface area contributed by atoms with E-state index in [1.54, 1.807) is 11.0 Å². The van der Waals surface area contributed by atoms with Gasteiger partial charge >= 0.3 is 0 Å². The third kappa shape index (κ3) is 2.32. The number of rotatable bonds is 2. The molecule has 2 atom stereocenters. The predicted octanol–water partition coefficient (Wildman–Crippen LogP) is 3.04. The van der Waals surface area contributed by atoms with Gasteiger partial charge in [-0.15, -0.1) is 0 Å². The second kappa shape index (κ2) is 5.06. The molecule has 1 aromatic carbocycles. The monoisotopic (exact) mass is 321 g/mol. The highest BCUT2D eigenvalue weighted by Crippen LogP contribution is 2.44. The fraction of sp³-hybridized carbons (Fsp3) is 0.429. The molecule has 0 radical (unpaired) electrons. The molecule has 1 fully saturated rings. The van der Waals surface area contributed by atoms with Crippen LogP contribution in [0.1, 0.15) is 37.3 Å². The van der Waals surface area contributed by atoms with E-state index in [0.717, 1.165) is 35.7 Å². The third-order valence-corrected chi connectivity index (χ3v) is 4.47. The molecule has 1 aliphatic rings. The Morgan fingerprint density at radius 2 is 2.05 bits per heavy atom. The lowest BCUT2D eigenvalue weighted by atomic mass is 9.76. The molecule has 19 heavy (non-hydrogen) atoms. The fourth-order valence-electron chi connectivity index (χ4n) is 2.94. The molecule has 1 aromatic heterocycles. The first-order valence-electron chi connectivity index (χ1n) is 6.53. The maximum atomic E-state index is 11.2. The third-order valence-electron chi connectivity index (χ3n) is 3.94. The van der Waals surface area contributed by atoms with Crippen LogP contribution in [0.25, 0.3) is 0 Å². The molecule has 4 nitrogen and oxygen atoms in total. The molecule has 0 saturated heterocycles. The summed E-state index contributed by atoms with van der Waals surface area (Å²) >= 11 is 3.43. The Balaban J connectivity index is 2.00. The van der Waals surface area contributed by atoms with Crippen LogP contribution >= 0.6 is 15.9 Å². The molecule has 100 valence electrons. The first-order chi connectivity index (χ1) is 9.20. The summed E-state index contributed by atoms with van der Waals surface area (Å²) in [6, 6.07) is 7.88. The minimum absolute atomic E-state index is 0.0371. The summed E-state index contributed by atoms with van der Waals surface area (Å²) in [5.41, 5.74) is 0.100. The van der Waals surface area contributed by atoms with Crippen LogP contribution in [-0.4, -0.2) is 19.9 Å². The minimum atomic E-state index is -0.855. The van der Waals surface area contributed by atoms with Crippen LogP contribution in [0.5, 0.6) is 0 Å². The van der Waals surface area contributed by atoms with E-state index in [1.165, 1.54) is 6.33 Å². The SMILES string of the molecule is OC1(c2ccc(Br)cc2)CCCCC1n1cncn1. The standard InChI is InChI=1S/C14H16BrN3O/c15-12-6-4-11(5-7-12)14(19)8-2-1-3-13(14)18-10-16-9-17-18/h4-7,9-10,13,19H,1-3,8H2. The highest BCUT2D eigenvalue weighted by molar-refractivity contribution is 9.10. The van der Waals surface area contributed by atoms with Crippen molar-refractivity contribution >= 4 is 15.9 Å². The summed E-state index contributed by atoms with van der Waals surface area (Å²) in [7, 11) is 0. The van der Waals surface area contributed by atoms with Crippen molar-refractivity contribution in [1.29, 1.82) is 0 Å². The van der Waals surface area contributed by atoms with Gasteiger partial charge in [-0.3, -0.25) is 0 Å². The summed E-state index contributed by atoms with van der Waals surface area (Å²) in [6.45, 7) is 0. The van der Waals surface area contributed by atoms with E-state index in [2.05, 4.69) is 26.0 Å². The summed E-state index contributed by atoms with van der Waals surface area (Å²) in [4.78, 5) is 4.00. The lowest BCUT2D eigenvalue weighted by molar-refractivity contribution is -0.0516. The summed E-state index contributed by atoms with van der Waals surface area (Å²) < 4.78 is 2.81. The van der Waals surface area contributed by atoms with Crippen molar-refractivity contribution in [3.8, 4) is 0 Å². The summed E-state index contributed by atoms with van der Waals surface area (Å²) in [5, 5.41) is 15.4. The summed E-state index contributed by atoms with van der Waals surface area (Å²) in [5.74, 6) is 0. The molecular weight excluding hydrogens is 306 g/mol. The Hall–Kier alpha value is -1.20. The van der Waals surface area contributed by atoms with Gasteiger partial charge in [0.05, 0.1) is 6.04 Å². The number of aromatic nitrogens is 3. The smallest absolute Gasteiger partial charge is 0.137 e. The molecule has 1 N–H and O–H groups in total. The van der Waals surface area contributed by atoms with Gasteiger partial charge in [0.1, 0.15) is 18.3 Å². The highest BCUT2D eigenvalue weighted by atomic mass is 79.9. The van der Waals surface area contributed by atoms with Crippen LogP contribution in [-0.2, 0) is 5.60 Å². The largest absolute Gasteiger partial charge is 0.383 e. The predicted molar refractivity (Wildman–Crippen MR) is 75.6 cm³/mol. The van der Waals surface area contributed by atoms with E-state index in [0.29, 0.717) is 0 Å². The van der Waals surface area contributed by atoms with E-state index in [-0.39, 0.29) is 6.04 Å². The average molecular weight is 322 g/mol. The van der Waals surface area contributed by atoms with Crippen molar-refractivity contribution in [2.45, 2.75) is 37.3 Å². The van der Waals surface area contributed by atoms with Gasteiger partial charge in [-0.25, -0.2) is 9.67 Å². The van der Waals surface area contributed by atoms with Gasteiger partial charge in [0.15, 0.2) is 0 Å². The molecule has 0 amide bonds. The van der Waals surface area contributed by atoms with Crippen LogP contribution in [0.2, 0.25) is 0 Å². The zero-order chi connectivity index (χ0) is 13.3. The molecule has 2 aromatic rings. The number of nitrogens with zero attached hydrogens (tertiary/aromatic N) is 3. The van der Waals surface area contributed by atoms with Crippen molar-refractivity contribution in [2.24, 2.45) is 0 Å². The fourth-order valence-corrected chi connectivity index (χ4v) is 3.21. The Morgan fingerprint density at radius 1 is 1.26 bits per heavy atom. The lowest BCUT2D eigenvalue weighted by Crippen LogP contribution is -2.39. The second-order valence-corrected chi connectivity index (χ2v) is 5.98. The van der Waals surface area contributed by atoms with Crippen molar-refractivity contribution in [3.05, 3.63) is 47.0 Å². The maximum absolute atomic E-state index is 11.2. The number of halogens is 1. The van der Waals surface area contributed by atoms with Crippen LogP contribution in [0.3, 0.4) is 0 Å². The molecule has 0 aliphatic heterocycles. The van der Waals surface area contributed by atoms with Crippen molar-refractivity contribution in [2.75, 3.05) is 0 Å². The summed E-state index contributed by atoms with van der Waals surface area (Å²) in [6.07, 6.45) is 7.06. The first-order valence-corrected chi connectivity index (χ1v) is 7.32. The topological polar surface area (TPSA) is 50.9 Å². The van der Waals surface area contributed by atoms with Gasteiger partial charge in [-0.05, 0) is 30.5 Å². The second-order valence-electron chi connectivity index (χ2n) is 5.07. The van der Waals surface area contributed by atoms with E-state index in [1.807, 2.05) is 24.3 Å². The quantitative estimate of drug-likeness (QED) is 0.924. The normalized spacial score (nSPS) is 27.4. The molecule has 0 bridgehead atoms.